The van der Waals surface area contributed by atoms with Crippen molar-refractivity contribution in [1.82, 2.24) is 0 Å². The van der Waals surface area contributed by atoms with E-state index in [9.17, 15) is 0 Å². The average molecular weight is 736 g/mol. The van der Waals surface area contributed by atoms with Gasteiger partial charge in [-0.2, -0.15) is 0 Å². The smallest absolute Gasteiger partial charge is 0.481 e. The third-order valence-electron chi connectivity index (χ3n) is 3.89. The first-order valence-electron chi connectivity index (χ1n) is 11.9. The van der Waals surface area contributed by atoms with E-state index in [2.05, 4.69) is 125 Å². The molecule has 0 radical (unpaired) electrons. The van der Waals surface area contributed by atoms with Gasteiger partial charge in [0, 0.05) is 13.8 Å². The third-order valence-corrected chi connectivity index (χ3v) is 11.7. The van der Waals surface area contributed by atoms with Gasteiger partial charge < -0.3 is 24.1 Å². The second-order valence-electron chi connectivity index (χ2n) is 14.0. The van der Waals surface area contributed by atoms with Gasteiger partial charge in [0.05, 0.1) is 0 Å². The predicted molar refractivity (Wildman–Crippen MR) is 158 cm³/mol. The molecule has 0 aromatic rings. The van der Waals surface area contributed by atoms with Crippen LogP contribution < -0.4 is 0 Å². The third kappa shape index (κ3) is 29.7. The quantitative estimate of drug-likeness (QED) is 0.168. The van der Waals surface area contributed by atoms with Gasteiger partial charge in [0.15, 0.2) is 0 Å². The maximum absolute atomic E-state index is 9.00. The van der Waals surface area contributed by atoms with E-state index in [4.69, 9.17) is 19.8 Å². The molecule has 4 nitrogen and oxygen atoms in total. The van der Waals surface area contributed by atoms with Gasteiger partial charge in [-0.3, -0.25) is 9.59 Å². The SMILES string of the molecule is CC(=O)O.CC(=O)O.[CH2-]C(C)(C)P(C(C)(C)C)C(C)(C)C.[CH2-]C(C)(C)P(C(C)(C)C)C(C)(C)C.[Pd+2].[Pd+2]. The molecule has 0 aliphatic heterocycles. The molecule has 36 heavy (non-hydrogen) atoms. The van der Waals surface area contributed by atoms with Crippen LogP contribution in [0.2, 0.25) is 0 Å². The molecule has 224 valence electrons. The van der Waals surface area contributed by atoms with Crippen molar-refractivity contribution in [2.24, 2.45) is 0 Å². The standard InChI is InChI=1S/2C12H26P.2C2H4O2.2Pd/c2*1-10(2,3)13(11(4,5)6)12(7,8)9;2*1-2(3)4;;/h2*1H2,2-9H3;2*1H3,(H,3,4);;/q2*-1;;;2*+2. The zero-order valence-electron chi connectivity index (χ0n) is 26.7. The summed E-state index contributed by atoms with van der Waals surface area (Å²) in [5, 5.41) is 16.8. The van der Waals surface area contributed by atoms with Gasteiger partial charge in [0.25, 0.3) is 11.9 Å². The Morgan fingerprint density at radius 3 is 0.556 bits per heavy atom. The number of carboxylic acid groups (broad SMARTS) is 2. The van der Waals surface area contributed by atoms with Crippen molar-refractivity contribution in [3.05, 3.63) is 13.8 Å². The Morgan fingerprint density at radius 1 is 0.472 bits per heavy atom. The van der Waals surface area contributed by atoms with E-state index in [-0.39, 0.29) is 67.0 Å². The van der Waals surface area contributed by atoms with E-state index < -0.39 is 11.9 Å². The Morgan fingerprint density at radius 2 is 0.556 bits per heavy atom. The summed E-state index contributed by atoms with van der Waals surface area (Å²) in [5.41, 5.74) is 0. The molecular weight excluding hydrogens is 675 g/mol. The van der Waals surface area contributed by atoms with Gasteiger partial charge in [-0.25, -0.2) is 0 Å². The van der Waals surface area contributed by atoms with Crippen molar-refractivity contribution in [2.75, 3.05) is 0 Å². The fourth-order valence-corrected chi connectivity index (χ4v) is 16.9. The zero-order valence-corrected chi connectivity index (χ0v) is 31.6. The number of aliphatic carboxylic acids is 2. The first-order chi connectivity index (χ1) is 14.2. The molecule has 0 aliphatic carbocycles. The minimum Gasteiger partial charge on any atom is -0.481 e. The second-order valence-corrected chi connectivity index (χ2v) is 23.1. The number of carbonyl (C=O) groups is 2. The molecule has 0 bridgehead atoms. The molecule has 0 spiro atoms. The molecule has 0 aliphatic rings. The van der Waals surface area contributed by atoms with Crippen LogP contribution in [0.3, 0.4) is 0 Å². The Kier molecular flexibility index (Phi) is 25.7. The Labute approximate surface area is 256 Å². The van der Waals surface area contributed by atoms with E-state index in [0.29, 0.717) is 20.6 Å². The van der Waals surface area contributed by atoms with Crippen molar-refractivity contribution < 1.29 is 60.6 Å². The summed E-state index contributed by atoms with van der Waals surface area (Å²) >= 11 is 0. The first kappa shape index (κ1) is 50.0. The summed E-state index contributed by atoms with van der Waals surface area (Å²) in [6.45, 7) is 48.1. The molecule has 0 heterocycles. The van der Waals surface area contributed by atoms with Crippen molar-refractivity contribution >= 4 is 27.8 Å². The summed E-state index contributed by atoms with van der Waals surface area (Å²) in [4.78, 5) is 18.0. The largest absolute Gasteiger partial charge is 2.00 e. The van der Waals surface area contributed by atoms with Crippen molar-refractivity contribution in [3.8, 4) is 0 Å². The van der Waals surface area contributed by atoms with Gasteiger partial charge in [-0.05, 0) is 20.6 Å². The van der Waals surface area contributed by atoms with Gasteiger partial charge in [0.2, 0.25) is 0 Å². The van der Waals surface area contributed by atoms with Gasteiger partial charge in [-0.15, -0.1) is 26.2 Å². The van der Waals surface area contributed by atoms with Crippen LogP contribution in [0.15, 0.2) is 0 Å². The zero-order chi connectivity index (χ0) is 29.3. The van der Waals surface area contributed by atoms with Crippen molar-refractivity contribution in [3.63, 3.8) is 0 Å². The molecule has 0 unspecified atom stereocenters. The fourth-order valence-electron chi connectivity index (χ4n) is 5.64. The van der Waals surface area contributed by atoms with E-state index in [1.807, 2.05) is 0 Å². The van der Waals surface area contributed by atoms with Crippen LogP contribution in [0.5, 0.6) is 0 Å². The summed E-state index contributed by atoms with van der Waals surface area (Å²) in [7, 11) is -0.190. The second kappa shape index (κ2) is 18.5. The number of carboxylic acids is 2. The molecular formula is C28H60O4P2Pd2+2. The van der Waals surface area contributed by atoms with Gasteiger partial charge in [-0.1, -0.05) is 111 Å². The number of rotatable bonds is 2. The fraction of sp³-hybridized carbons (Fsp3) is 0.857. The predicted octanol–water partition coefficient (Wildman–Crippen LogP) is 9.53. The average Bonchev–Trinajstić information content (AvgIpc) is 2.23. The van der Waals surface area contributed by atoms with E-state index in [0.717, 1.165) is 13.8 Å². The molecule has 0 aromatic heterocycles. The summed E-state index contributed by atoms with van der Waals surface area (Å²) in [6.07, 6.45) is 0. The van der Waals surface area contributed by atoms with Crippen LogP contribution >= 0.6 is 15.8 Å². The van der Waals surface area contributed by atoms with Crippen LogP contribution in [-0.2, 0) is 50.4 Å². The Balaban J connectivity index is -0.0000000923. The van der Waals surface area contributed by atoms with E-state index in [1.165, 1.54) is 0 Å². The Bertz CT molecular complexity index is 467. The molecule has 0 atom stereocenters. The van der Waals surface area contributed by atoms with Crippen molar-refractivity contribution in [2.45, 2.75) is 156 Å². The first-order valence-corrected chi connectivity index (χ1v) is 14.6. The maximum Gasteiger partial charge on any atom is 2.00 e. The van der Waals surface area contributed by atoms with E-state index in [1.54, 1.807) is 0 Å². The molecule has 0 saturated heterocycles. The van der Waals surface area contributed by atoms with Gasteiger partial charge in [0.1, 0.15) is 0 Å². The summed E-state index contributed by atoms with van der Waals surface area (Å²) in [5.74, 6) is -1.67. The number of hydrogen-bond donors (Lipinski definition) is 2. The molecule has 8 heteroatoms. The van der Waals surface area contributed by atoms with Crippen LogP contribution in [0.25, 0.3) is 0 Å². The summed E-state index contributed by atoms with van der Waals surface area (Å²) < 4.78 is 0. The monoisotopic (exact) mass is 734 g/mol. The molecule has 0 rings (SSSR count). The van der Waals surface area contributed by atoms with Crippen LogP contribution in [0.4, 0.5) is 0 Å². The topological polar surface area (TPSA) is 74.6 Å². The normalized spacial score (nSPS) is 12.4. The van der Waals surface area contributed by atoms with Crippen LogP contribution in [0.1, 0.15) is 125 Å². The minimum absolute atomic E-state index is 0. The Hall–Kier alpha value is 1.12. The number of hydrogen-bond acceptors (Lipinski definition) is 2. The van der Waals surface area contributed by atoms with Crippen LogP contribution in [0, 0.1) is 13.8 Å². The van der Waals surface area contributed by atoms with Gasteiger partial charge >= 0.3 is 40.8 Å². The molecule has 0 fully saturated rings. The van der Waals surface area contributed by atoms with Crippen LogP contribution in [-0.4, -0.2) is 53.1 Å². The minimum atomic E-state index is -0.833. The summed E-state index contributed by atoms with van der Waals surface area (Å²) in [6, 6.07) is 0. The maximum atomic E-state index is 9.00. The molecule has 0 aromatic carbocycles. The molecule has 0 amide bonds. The van der Waals surface area contributed by atoms with E-state index >= 15 is 0 Å². The molecule has 2 N–H and O–H groups in total. The molecule has 0 saturated carbocycles. The van der Waals surface area contributed by atoms with Crippen molar-refractivity contribution in [1.29, 1.82) is 0 Å².